The molecule has 1 aliphatic carbocycles. The first-order valence-corrected chi connectivity index (χ1v) is 13.1. The van der Waals surface area contributed by atoms with Gasteiger partial charge < -0.3 is 5.32 Å². The molecule has 2 atom stereocenters. The second-order valence-corrected chi connectivity index (χ2v) is 11.3. The highest BCUT2D eigenvalue weighted by Crippen LogP contribution is 2.47. The molecule has 0 unspecified atom stereocenters. The number of allylic oxidation sites excluding steroid dienone is 1. The Kier molecular flexibility index (Phi) is 6.29. The first-order valence-electron chi connectivity index (χ1n) is 11.3. The third-order valence-corrected chi connectivity index (χ3v) is 8.41. The number of nitrogens with one attached hydrogen (secondary N) is 1. The van der Waals surface area contributed by atoms with E-state index in [1.54, 1.807) is 16.8 Å². The van der Waals surface area contributed by atoms with Gasteiger partial charge in [-0.3, -0.25) is 9.36 Å². The number of hydrogen-bond acceptors (Lipinski definition) is 7. The predicted octanol–water partition coefficient (Wildman–Crippen LogP) is 2.61. The minimum atomic E-state index is -3.19. The van der Waals surface area contributed by atoms with E-state index in [9.17, 15) is 18.5 Å². The van der Waals surface area contributed by atoms with Gasteiger partial charge in [-0.25, -0.2) is 17.7 Å². The van der Waals surface area contributed by atoms with Crippen LogP contribution in [0.25, 0.3) is 11.0 Å². The molecule has 4 rings (SSSR count). The molecular formula is C23H30N6O3S. The molecule has 10 heteroatoms. The van der Waals surface area contributed by atoms with Crippen LogP contribution in [0.1, 0.15) is 50.6 Å². The smallest absolute Gasteiger partial charge is 0.256 e. The number of aromatic nitrogens is 3. The zero-order valence-electron chi connectivity index (χ0n) is 19.1. The summed E-state index contributed by atoms with van der Waals surface area (Å²) in [5.41, 5.74) is 0.572. The van der Waals surface area contributed by atoms with E-state index < -0.39 is 10.0 Å². The van der Waals surface area contributed by atoms with Crippen molar-refractivity contribution in [2.24, 2.45) is 5.41 Å². The largest absolute Gasteiger partial charge is 0.351 e. The van der Waals surface area contributed by atoms with Crippen molar-refractivity contribution in [1.29, 1.82) is 5.26 Å². The fourth-order valence-corrected chi connectivity index (χ4v) is 5.97. The predicted molar refractivity (Wildman–Crippen MR) is 127 cm³/mol. The van der Waals surface area contributed by atoms with Gasteiger partial charge in [0.2, 0.25) is 16.0 Å². The molecule has 0 spiro atoms. The summed E-state index contributed by atoms with van der Waals surface area (Å²) in [6.07, 6.45) is 8.94. The van der Waals surface area contributed by atoms with Crippen LogP contribution in [0.3, 0.4) is 0 Å². The summed E-state index contributed by atoms with van der Waals surface area (Å²) in [4.78, 5) is 22.6. The van der Waals surface area contributed by atoms with Crippen LogP contribution in [0.4, 0.5) is 5.95 Å². The zero-order chi connectivity index (χ0) is 23.8. The molecule has 2 aliphatic rings. The van der Waals surface area contributed by atoms with Gasteiger partial charge in [0.1, 0.15) is 5.65 Å². The van der Waals surface area contributed by atoms with Crippen LogP contribution in [-0.4, -0.2) is 52.6 Å². The van der Waals surface area contributed by atoms with Gasteiger partial charge in [0.25, 0.3) is 5.56 Å². The van der Waals surface area contributed by atoms with E-state index in [1.807, 2.05) is 6.08 Å². The number of hydrogen-bond donors (Lipinski definition) is 1. The van der Waals surface area contributed by atoms with Gasteiger partial charge in [-0.05, 0) is 31.7 Å². The standard InChI is InChI=1S/C23H30N6O3S/c1-4-23(2)10-5-6-19(23)29-20-17(14-16(7-11-24)21(29)30)15-25-22(27-20)26-18-8-12-28(13-9-18)33(3,31)32/h4,14-15,18-19H,1,5-10,12-13H2,2-3H3,(H,25,26,27)/t19-,23-/m1/s1. The Hall–Kier alpha value is -2.77. The maximum Gasteiger partial charge on any atom is 0.256 e. The molecule has 2 aromatic heterocycles. The molecular weight excluding hydrogens is 440 g/mol. The van der Waals surface area contributed by atoms with Crippen LogP contribution >= 0.6 is 0 Å². The van der Waals surface area contributed by atoms with Crippen LogP contribution < -0.4 is 10.9 Å². The highest BCUT2D eigenvalue weighted by atomic mass is 32.2. The number of nitrogens with zero attached hydrogens (tertiary/aromatic N) is 5. The average molecular weight is 471 g/mol. The lowest BCUT2D eigenvalue weighted by Crippen LogP contribution is -2.42. The van der Waals surface area contributed by atoms with Crippen molar-refractivity contribution in [1.82, 2.24) is 18.8 Å². The van der Waals surface area contributed by atoms with Gasteiger partial charge in [0.05, 0.1) is 18.7 Å². The minimum Gasteiger partial charge on any atom is -0.351 e. The normalized spacial score (nSPS) is 24.6. The molecule has 1 saturated carbocycles. The molecule has 1 aliphatic heterocycles. The highest BCUT2D eigenvalue weighted by Gasteiger charge is 2.39. The topological polar surface area (TPSA) is 121 Å². The number of pyridine rings is 1. The average Bonchev–Trinajstić information content (AvgIpc) is 3.16. The van der Waals surface area contributed by atoms with Gasteiger partial charge in [-0.2, -0.15) is 10.2 Å². The van der Waals surface area contributed by atoms with E-state index in [-0.39, 0.29) is 29.5 Å². The summed E-state index contributed by atoms with van der Waals surface area (Å²) in [6.45, 7) is 7.03. The number of sulfonamides is 1. The molecule has 1 saturated heterocycles. The monoisotopic (exact) mass is 470 g/mol. The quantitative estimate of drug-likeness (QED) is 0.644. The maximum absolute atomic E-state index is 13.4. The fourth-order valence-electron chi connectivity index (χ4n) is 5.10. The minimum absolute atomic E-state index is 0.0329. The van der Waals surface area contributed by atoms with Crippen molar-refractivity contribution in [3.63, 3.8) is 0 Å². The van der Waals surface area contributed by atoms with Gasteiger partial charge in [0, 0.05) is 47.7 Å². The molecule has 2 aromatic rings. The Morgan fingerprint density at radius 3 is 2.73 bits per heavy atom. The number of rotatable bonds is 6. The van der Waals surface area contributed by atoms with Crippen molar-refractivity contribution >= 4 is 27.0 Å². The molecule has 33 heavy (non-hydrogen) atoms. The van der Waals surface area contributed by atoms with E-state index in [0.29, 0.717) is 43.1 Å². The third-order valence-electron chi connectivity index (χ3n) is 7.11. The summed E-state index contributed by atoms with van der Waals surface area (Å²) in [5.74, 6) is 0.416. The summed E-state index contributed by atoms with van der Waals surface area (Å²) < 4.78 is 26.8. The van der Waals surface area contributed by atoms with Crippen LogP contribution in [-0.2, 0) is 16.4 Å². The second kappa shape index (κ2) is 8.88. The first-order chi connectivity index (χ1) is 15.7. The number of fused-ring (bicyclic) bond motifs is 1. The SMILES string of the molecule is C=C[C@]1(C)CCC[C@H]1n1c(=O)c(CC#N)cc2cnc(NC3CCN(S(C)(=O)=O)CC3)nc21. The fraction of sp³-hybridized carbons (Fsp3) is 0.565. The second-order valence-electron chi connectivity index (χ2n) is 9.35. The van der Waals surface area contributed by atoms with Crippen LogP contribution in [0.5, 0.6) is 0 Å². The van der Waals surface area contributed by atoms with Crippen molar-refractivity contribution in [2.75, 3.05) is 24.7 Å². The van der Waals surface area contributed by atoms with Gasteiger partial charge in [-0.15, -0.1) is 6.58 Å². The van der Waals surface area contributed by atoms with Gasteiger partial charge >= 0.3 is 0 Å². The van der Waals surface area contributed by atoms with Crippen LogP contribution in [0.2, 0.25) is 0 Å². The lowest BCUT2D eigenvalue weighted by atomic mass is 9.84. The Labute approximate surface area is 194 Å². The lowest BCUT2D eigenvalue weighted by molar-refractivity contribution is 0.304. The first kappa shape index (κ1) is 23.4. The van der Waals surface area contributed by atoms with E-state index >= 15 is 0 Å². The lowest BCUT2D eigenvalue weighted by Gasteiger charge is -2.31. The zero-order valence-corrected chi connectivity index (χ0v) is 19.9. The Balaban J connectivity index is 1.71. The summed E-state index contributed by atoms with van der Waals surface area (Å²) in [5, 5.41) is 13.3. The van der Waals surface area contributed by atoms with E-state index in [2.05, 4.69) is 29.9 Å². The van der Waals surface area contributed by atoms with Crippen molar-refractivity contribution < 1.29 is 8.42 Å². The Morgan fingerprint density at radius 1 is 1.36 bits per heavy atom. The molecule has 0 bridgehead atoms. The van der Waals surface area contributed by atoms with E-state index in [1.165, 1.54) is 10.6 Å². The van der Waals surface area contributed by atoms with Crippen molar-refractivity contribution in [3.8, 4) is 6.07 Å². The molecule has 2 fully saturated rings. The molecule has 1 N–H and O–H groups in total. The van der Waals surface area contributed by atoms with E-state index in [4.69, 9.17) is 4.98 Å². The van der Waals surface area contributed by atoms with Gasteiger partial charge in [-0.1, -0.05) is 19.4 Å². The molecule has 3 heterocycles. The van der Waals surface area contributed by atoms with Crippen molar-refractivity contribution in [3.05, 3.63) is 40.8 Å². The third kappa shape index (κ3) is 4.52. The van der Waals surface area contributed by atoms with Crippen LogP contribution in [0, 0.1) is 16.7 Å². The Bertz CT molecular complexity index is 1270. The summed E-state index contributed by atoms with van der Waals surface area (Å²) >= 11 is 0. The summed E-state index contributed by atoms with van der Waals surface area (Å²) in [7, 11) is -3.19. The molecule has 0 amide bonds. The summed E-state index contributed by atoms with van der Waals surface area (Å²) in [6, 6.07) is 3.75. The van der Waals surface area contributed by atoms with Crippen molar-refractivity contribution in [2.45, 2.75) is 57.5 Å². The van der Waals surface area contributed by atoms with Gasteiger partial charge in [0.15, 0.2) is 0 Å². The molecule has 0 aromatic carbocycles. The highest BCUT2D eigenvalue weighted by molar-refractivity contribution is 7.88. The number of nitriles is 1. The number of anilines is 1. The molecule has 9 nitrogen and oxygen atoms in total. The number of piperidine rings is 1. The Morgan fingerprint density at radius 2 is 2.09 bits per heavy atom. The van der Waals surface area contributed by atoms with E-state index in [0.717, 1.165) is 24.6 Å². The molecule has 0 radical (unpaired) electrons. The maximum atomic E-state index is 13.4. The van der Waals surface area contributed by atoms with Crippen LogP contribution in [0.15, 0.2) is 29.7 Å². The molecule has 176 valence electrons.